The van der Waals surface area contributed by atoms with E-state index in [1.54, 1.807) is 0 Å². The molecular weight excluding hydrogens is 997 g/mol. The molecule has 0 aliphatic carbocycles. The minimum absolute atomic E-state index is 0.0981. The number of hydrogen-bond acceptors (Lipinski definition) is 6. The summed E-state index contributed by atoms with van der Waals surface area (Å²) < 4.78 is 16.9. The number of esters is 3. The molecule has 0 bridgehead atoms. The molecule has 0 spiro atoms. The molecule has 0 aliphatic heterocycles. The standard InChI is InChI=1S/C75H120O6/c1-4-7-10-13-16-19-22-25-28-31-34-35-36-37-38-39-42-44-47-50-53-56-59-62-65-68-74(77)80-71-72(81-75(78)69-66-63-60-57-54-51-48-45-41-33-30-27-24-21-18-15-12-9-6-3)70-79-73(76)67-64-61-58-55-52-49-46-43-40-32-29-26-23-20-17-14-11-8-5-2/h7-12,16-21,25-30,34-35,37-38,40-41,43,45,72H,4-6,13-15,22-24,31-33,36,39,42,44,46-71H2,1-3H3/b10-7-,11-8-,12-9-,19-16-,20-17-,21-18-,28-25-,29-26-,30-27-,35-34-,38-37-,43-40-,45-41-. The summed E-state index contributed by atoms with van der Waals surface area (Å²) in [7, 11) is 0. The summed E-state index contributed by atoms with van der Waals surface area (Å²) in [6.07, 6.45) is 98.1. The molecule has 0 aromatic heterocycles. The van der Waals surface area contributed by atoms with E-state index in [0.717, 1.165) is 173 Å². The summed E-state index contributed by atoms with van der Waals surface area (Å²) >= 11 is 0. The second-order valence-corrected chi connectivity index (χ2v) is 21.2. The van der Waals surface area contributed by atoms with Crippen LogP contribution < -0.4 is 0 Å². The van der Waals surface area contributed by atoms with Gasteiger partial charge in [-0.25, -0.2) is 0 Å². The molecule has 0 aromatic carbocycles. The topological polar surface area (TPSA) is 78.9 Å². The fourth-order valence-electron chi connectivity index (χ4n) is 8.69. The van der Waals surface area contributed by atoms with Gasteiger partial charge in [-0.1, -0.05) is 275 Å². The summed E-state index contributed by atoms with van der Waals surface area (Å²) in [5.41, 5.74) is 0. The molecule has 0 amide bonds. The lowest BCUT2D eigenvalue weighted by Gasteiger charge is -2.18. The first kappa shape index (κ1) is 76.0. The second kappa shape index (κ2) is 67.5. The van der Waals surface area contributed by atoms with Crippen LogP contribution in [0.3, 0.4) is 0 Å². The molecule has 0 aliphatic rings. The molecule has 0 fully saturated rings. The van der Waals surface area contributed by atoms with Crippen LogP contribution in [0.5, 0.6) is 0 Å². The maximum Gasteiger partial charge on any atom is 0.306 e. The lowest BCUT2D eigenvalue weighted by atomic mass is 10.1. The van der Waals surface area contributed by atoms with Crippen LogP contribution in [-0.2, 0) is 28.6 Å². The maximum atomic E-state index is 12.9. The van der Waals surface area contributed by atoms with Crippen molar-refractivity contribution in [3.8, 4) is 0 Å². The van der Waals surface area contributed by atoms with Crippen molar-refractivity contribution in [1.29, 1.82) is 0 Å². The first-order valence-electron chi connectivity index (χ1n) is 33.0. The summed E-state index contributed by atoms with van der Waals surface area (Å²) in [5, 5.41) is 0. The van der Waals surface area contributed by atoms with Crippen molar-refractivity contribution >= 4 is 17.9 Å². The largest absolute Gasteiger partial charge is 0.462 e. The second-order valence-electron chi connectivity index (χ2n) is 21.2. The number of rotatable bonds is 58. The van der Waals surface area contributed by atoms with Crippen molar-refractivity contribution in [3.05, 3.63) is 158 Å². The highest BCUT2D eigenvalue weighted by molar-refractivity contribution is 5.71. The van der Waals surface area contributed by atoms with Gasteiger partial charge in [-0.05, 0) is 141 Å². The van der Waals surface area contributed by atoms with Crippen molar-refractivity contribution in [1.82, 2.24) is 0 Å². The van der Waals surface area contributed by atoms with E-state index < -0.39 is 6.10 Å². The highest BCUT2D eigenvalue weighted by Gasteiger charge is 2.19. The molecular formula is C75H120O6. The molecule has 6 nitrogen and oxygen atoms in total. The highest BCUT2D eigenvalue weighted by atomic mass is 16.6. The van der Waals surface area contributed by atoms with Crippen LogP contribution in [0.15, 0.2) is 158 Å². The number of allylic oxidation sites excluding steroid dienone is 26. The first-order valence-corrected chi connectivity index (χ1v) is 33.0. The van der Waals surface area contributed by atoms with Gasteiger partial charge in [-0.2, -0.15) is 0 Å². The number of carbonyl (C=O) groups is 3. The Balaban J connectivity index is 4.46. The van der Waals surface area contributed by atoms with Crippen LogP contribution in [0.1, 0.15) is 278 Å². The average Bonchev–Trinajstić information content (AvgIpc) is 3.47. The lowest BCUT2D eigenvalue weighted by Crippen LogP contribution is -2.30. The Morgan fingerprint density at radius 3 is 0.691 bits per heavy atom. The zero-order chi connectivity index (χ0) is 58.5. The molecule has 0 heterocycles. The predicted octanol–water partition coefficient (Wildman–Crippen LogP) is 22.9. The fraction of sp³-hybridized carbons (Fsp3) is 0.613. The van der Waals surface area contributed by atoms with Gasteiger partial charge in [-0.3, -0.25) is 14.4 Å². The zero-order valence-electron chi connectivity index (χ0n) is 52.2. The third-order valence-electron chi connectivity index (χ3n) is 13.5. The Hall–Kier alpha value is -4.97. The van der Waals surface area contributed by atoms with Gasteiger partial charge in [0.05, 0.1) is 0 Å². The lowest BCUT2D eigenvalue weighted by molar-refractivity contribution is -0.167. The van der Waals surface area contributed by atoms with E-state index in [1.165, 1.54) is 64.2 Å². The molecule has 0 saturated carbocycles. The normalized spacial score (nSPS) is 13.2. The number of ether oxygens (including phenoxy) is 3. The highest BCUT2D eigenvalue weighted by Crippen LogP contribution is 2.15. The Morgan fingerprint density at radius 2 is 0.444 bits per heavy atom. The molecule has 0 radical (unpaired) electrons. The quantitative estimate of drug-likeness (QED) is 0.0261. The summed E-state index contributed by atoms with van der Waals surface area (Å²) in [6, 6.07) is 0. The number of unbranched alkanes of at least 4 members (excludes halogenated alkanes) is 21. The molecule has 1 unspecified atom stereocenters. The Bertz CT molecular complexity index is 1810. The third-order valence-corrected chi connectivity index (χ3v) is 13.5. The molecule has 0 saturated heterocycles. The van der Waals surface area contributed by atoms with E-state index in [0.29, 0.717) is 19.3 Å². The molecule has 0 aromatic rings. The van der Waals surface area contributed by atoms with E-state index in [1.807, 2.05) is 0 Å². The average molecular weight is 1120 g/mol. The van der Waals surface area contributed by atoms with E-state index in [2.05, 4.69) is 179 Å². The summed E-state index contributed by atoms with van der Waals surface area (Å²) in [6.45, 7) is 6.28. The van der Waals surface area contributed by atoms with Crippen LogP contribution >= 0.6 is 0 Å². The summed E-state index contributed by atoms with van der Waals surface area (Å²) in [5.74, 6) is -0.931. The first-order chi connectivity index (χ1) is 40.0. The van der Waals surface area contributed by atoms with Crippen LogP contribution in [-0.4, -0.2) is 37.2 Å². The SMILES string of the molecule is CC/C=C\C/C=C\C/C=C\C/C=C\C/C=C\CCCCCCCCCCCC(=O)OCC(COC(=O)CCCCCCCC/C=C\C/C=C\C/C=C\C/C=C\CC)OC(=O)CCCCCCCC/C=C\C/C=C\C/C=C\C/C=C\CC. The fourth-order valence-corrected chi connectivity index (χ4v) is 8.69. The van der Waals surface area contributed by atoms with Crippen molar-refractivity contribution in [2.24, 2.45) is 0 Å². The van der Waals surface area contributed by atoms with Crippen LogP contribution in [0.4, 0.5) is 0 Å². The number of carbonyl (C=O) groups excluding carboxylic acids is 3. The van der Waals surface area contributed by atoms with Crippen molar-refractivity contribution in [2.75, 3.05) is 13.2 Å². The molecule has 0 N–H and O–H groups in total. The molecule has 6 heteroatoms. The van der Waals surface area contributed by atoms with E-state index >= 15 is 0 Å². The van der Waals surface area contributed by atoms with Crippen LogP contribution in [0.25, 0.3) is 0 Å². The van der Waals surface area contributed by atoms with E-state index in [4.69, 9.17) is 14.2 Å². The minimum atomic E-state index is -0.805. The Labute approximate surface area is 499 Å². The molecule has 1 atom stereocenters. The van der Waals surface area contributed by atoms with Gasteiger partial charge < -0.3 is 14.2 Å². The van der Waals surface area contributed by atoms with Gasteiger partial charge in [-0.15, -0.1) is 0 Å². The smallest absolute Gasteiger partial charge is 0.306 e. The molecule has 81 heavy (non-hydrogen) atoms. The van der Waals surface area contributed by atoms with E-state index in [9.17, 15) is 14.4 Å². The van der Waals surface area contributed by atoms with Gasteiger partial charge in [0, 0.05) is 19.3 Å². The Morgan fingerprint density at radius 1 is 0.247 bits per heavy atom. The summed E-state index contributed by atoms with van der Waals surface area (Å²) in [4.78, 5) is 38.4. The van der Waals surface area contributed by atoms with Gasteiger partial charge >= 0.3 is 17.9 Å². The maximum absolute atomic E-state index is 12.9. The van der Waals surface area contributed by atoms with Gasteiger partial charge in [0.15, 0.2) is 6.10 Å². The predicted molar refractivity (Wildman–Crippen MR) is 352 cm³/mol. The van der Waals surface area contributed by atoms with Gasteiger partial charge in [0.1, 0.15) is 13.2 Å². The van der Waals surface area contributed by atoms with Crippen molar-refractivity contribution in [3.63, 3.8) is 0 Å². The molecule has 456 valence electrons. The monoisotopic (exact) mass is 1120 g/mol. The van der Waals surface area contributed by atoms with Crippen LogP contribution in [0.2, 0.25) is 0 Å². The Kier molecular flexibility index (Phi) is 63.4. The van der Waals surface area contributed by atoms with Crippen molar-refractivity contribution < 1.29 is 28.6 Å². The van der Waals surface area contributed by atoms with E-state index in [-0.39, 0.29) is 31.1 Å². The zero-order valence-corrected chi connectivity index (χ0v) is 52.2. The van der Waals surface area contributed by atoms with Crippen molar-refractivity contribution in [2.45, 2.75) is 284 Å². The third kappa shape index (κ3) is 65.7. The van der Waals surface area contributed by atoms with Gasteiger partial charge in [0.25, 0.3) is 0 Å². The van der Waals surface area contributed by atoms with Gasteiger partial charge in [0.2, 0.25) is 0 Å². The molecule has 0 rings (SSSR count). The number of hydrogen-bond donors (Lipinski definition) is 0. The minimum Gasteiger partial charge on any atom is -0.462 e. The van der Waals surface area contributed by atoms with Crippen LogP contribution in [0, 0.1) is 0 Å².